The van der Waals surface area contributed by atoms with Crippen LogP contribution in [0.5, 0.6) is 11.5 Å². The molecule has 0 aromatic heterocycles. The van der Waals surface area contributed by atoms with Crippen molar-refractivity contribution < 1.29 is 4.74 Å². The van der Waals surface area contributed by atoms with Crippen molar-refractivity contribution in [1.82, 2.24) is 0 Å². The number of ether oxygens (including phenoxy) is 1. The van der Waals surface area contributed by atoms with Crippen LogP contribution in [-0.4, -0.2) is 5.75 Å². The van der Waals surface area contributed by atoms with E-state index in [1.165, 1.54) is 0 Å². The van der Waals surface area contributed by atoms with Crippen molar-refractivity contribution in [1.29, 1.82) is 0 Å². The summed E-state index contributed by atoms with van der Waals surface area (Å²) in [5, 5.41) is 0.574. The Balaban J connectivity index is 2.37. The Morgan fingerprint density at radius 2 is 2.05 bits per heavy atom. The number of nitrogens with two attached hydrogens (primary N) is 1. The van der Waals surface area contributed by atoms with Crippen LogP contribution in [0, 0.1) is 0 Å². The van der Waals surface area contributed by atoms with Crippen molar-refractivity contribution in [3.63, 3.8) is 0 Å². The summed E-state index contributed by atoms with van der Waals surface area (Å²) in [5.74, 6) is 2.37. The van der Waals surface area contributed by atoms with Gasteiger partial charge in [0.2, 0.25) is 0 Å². The molecule has 0 aliphatic carbocycles. The van der Waals surface area contributed by atoms with Crippen molar-refractivity contribution in [3.8, 4) is 11.5 Å². The SMILES string of the molecule is CCSc1cccc(Oc2cc(Br)ccc2Cl)c1CN. The van der Waals surface area contributed by atoms with Crippen LogP contribution in [0.25, 0.3) is 0 Å². The van der Waals surface area contributed by atoms with Crippen LogP contribution >= 0.6 is 39.3 Å². The molecule has 106 valence electrons. The van der Waals surface area contributed by atoms with Gasteiger partial charge in [-0.1, -0.05) is 40.5 Å². The summed E-state index contributed by atoms with van der Waals surface area (Å²) in [6.07, 6.45) is 0. The van der Waals surface area contributed by atoms with Gasteiger partial charge in [0.15, 0.2) is 0 Å². The van der Waals surface area contributed by atoms with E-state index in [1.54, 1.807) is 17.8 Å². The minimum absolute atomic E-state index is 0.435. The van der Waals surface area contributed by atoms with E-state index in [4.69, 9.17) is 22.1 Å². The van der Waals surface area contributed by atoms with Crippen LogP contribution < -0.4 is 10.5 Å². The lowest BCUT2D eigenvalue weighted by molar-refractivity contribution is 0.474. The van der Waals surface area contributed by atoms with Gasteiger partial charge in [0.05, 0.1) is 5.02 Å². The topological polar surface area (TPSA) is 35.2 Å². The van der Waals surface area contributed by atoms with Crippen molar-refractivity contribution in [2.45, 2.75) is 18.4 Å². The molecule has 20 heavy (non-hydrogen) atoms. The molecule has 0 bridgehead atoms. The molecule has 2 rings (SSSR count). The van der Waals surface area contributed by atoms with Gasteiger partial charge in [-0.05, 0) is 36.1 Å². The standard InChI is InChI=1S/C15H15BrClNOS/c1-2-20-15-5-3-4-13(11(15)9-18)19-14-8-10(16)6-7-12(14)17/h3-8H,2,9,18H2,1H3. The Bertz CT molecular complexity index is 606. The first-order valence-electron chi connectivity index (χ1n) is 6.23. The molecule has 0 fully saturated rings. The van der Waals surface area contributed by atoms with Gasteiger partial charge >= 0.3 is 0 Å². The van der Waals surface area contributed by atoms with Crippen LogP contribution in [0.15, 0.2) is 45.8 Å². The molecule has 2 aromatic carbocycles. The highest BCUT2D eigenvalue weighted by molar-refractivity contribution is 9.10. The van der Waals surface area contributed by atoms with Crippen LogP contribution in [0.4, 0.5) is 0 Å². The molecule has 0 aliphatic heterocycles. The minimum atomic E-state index is 0.435. The first kappa shape index (κ1) is 15.7. The molecule has 2 N–H and O–H groups in total. The number of benzene rings is 2. The number of hydrogen-bond acceptors (Lipinski definition) is 3. The first-order chi connectivity index (χ1) is 9.65. The molecule has 2 nitrogen and oxygen atoms in total. The van der Waals surface area contributed by atoms with Crippen LogP contribution in [-0.2, 0) is 6.54 Å². The predicted molar refractivity (Wildman–Crippen MR) is 90.0 cm³/mol. The van der Waals surface area contributed by atoms with Crippen molar-refractivity contribution >= 4 is 39.3 Å². The molecule has 0 spiro atoms. The average molecular weight is 373 g/mol. The molecular weight excluding hydrogens is 358 g/mol. The second-order valence-corrected chi connectivity index (χ2v) is 6.68. The maximum atomic E-state index is 6.16. The van der Waals surface area contributed by atoms with Crippen LogP contribution in [0.1, 0.15) is 12.5 Å². The summed E-state index contributed by atoms with van der Waals surface area (Å²) in [4.78, 5) is 1.15. The van der Waals surface area contributed by atoms with Gasteiger partial charge in [-0.25, -0.2) is 0 Å². The monoisotopic (exact) mass is 371 g/mol. The number of thioether (sulfide) groups is 1. The van der Waals surface area contributed by atoms with E-state index in [0.717, 1.165) is 26.4 Å². The molecule has 0 saturated carbocycles. The Morgan fingerprint density at radius 1 is 1.25 bits per heavy atom. The maximum Gasteiger partial charge on any atom is 0.147 e. The first-order valence-corrected chi connectivity index (χ1v) is 8.39. The van der Waals surface area contributed by atoms with Gasteiger partial charge < -0.3 is 10.5 Å². The largest absolute Gasteiger partial charge is 0.455 e. The molecule has 0 heterocycles. The third-order valence-electron chi connectivity index (χ3n) is 2.71. The van der Waals surface area contributed by atoms with Crippen molar-refractivity contribution in [2.75, 3.05) is 5.75 Å². The second kappa shape index (κ2) is 7.36. The highest BCUT2D eigenvalue weighted by Gasteiger charge is 2.11. The fourth-order valence-corrected chi connectivity index (χ4v) is 3.15. The maximum absolute atomic E-state index is 6.16. The average Bonchev–Trinajstić information content (AvgIpc) is 2.43. The Morgan fingerprint density at radius 3 is 2.75 bits per heavy atom. The van der Waals surface area contributed by atoms with E-state index in [2.05, 4.69) is 28.9 Å². The van der Waals surface area contributed by atoms with E-state index in [1.807, 2.05) is 24.3 Å². The van der Waals surface area contributed by atoms with Crippen LogP contribution in [0.2, 0.25) is 5.02 Å². The molecule has 0 aliphatic rings. The number of hydrogen-bond donors (Lipinski definition) is 1. The quantitative estimate of drug-likeness (QED) is 0.707. The Labute approximate surface area is 136 Å². The molecule has 0 radical (unpaired) electrons. The van der Waals surface area contributed by atoms with Crippen LogP contribution in [0.3, 0.4) is 0 Å². The molecule has 5 heteroatoms. The van der Waals surface area contributed by atoms with E-state index < -0.39 is 0 Å². The predicted octanol–water partition coefficient (Wildman–Crippen LogP) is 5.47. The van der Waals surface area contributed by atoms with Gasteiger partial charge in [-0.2, -0.15) is 0 Å². The lowest BCUT2D eigenvalue weighted by atomic mass is 10.2. The third kappa shape index (κ3) is 3.70. The molecule has 0 amide bonds. The van der Waals surface area contributed by atoms with Gasteiger partial charge in [0.1, 0.15) is 11.5 Å². The zero-order chi connectivity index (χ0) is 14.5. The third-order valence-corrected chi connectivity index (χ3v) is 4.49. The van der Waals surface area contributed by atoms with Gasteiger partial charge in [0, 0.05) is 21.5 Å². The zero-order valence-electron chi connectivity index (χ0n) is 11.0. The van der Waals surface area contributed by atoms with E-state index in [-0.39, 0.29) is 0 Å². The number of rotatable bonds is 5. The Hall–Kier alpha value is -0.680. The number of halogens is 2. The lowest BCUT2D eigenvalue weighted by Gasteiger charge is -2.14. The van der Waals surface area contributed by atoms with E-state index in [0.29, 0.717) is 17.3 Å². The normalized spacial score (nSPS) is 10.6. The smallest absolute Gasteiger partial charge is 0.147 e. The van der Waals surface area contributed by atoms with Crippen molar-refractivity contribution in [2.24, 2.45) is 5.73 Å². The Kier molecular flexibility index (Phi) is 5.78. The van der Waals surface area contributed by atoms with Crippen molar-refractivity contribution in [3.05, 3.63) is 51.5 Å². The zero-order valence-corrected chi connectivity index (χ0v) is 14.2. The summed E-state index contributed by atoms with van der Waals surface area (Å²) >= 11 is 11.3. The molecule has 2 aromatic rings. The minimum Gasteiger partial charge on any atom is -0.455 e. The second-order valence-electron chi connectivity index (χ2n) is 4.05. The summed E-state index contributed by atoms with van der Waals surface area (Å²) < 4.78 is 6.87. The van der Waals surface area contributed by atoms with Gasteiger partial charge in [-0.15, -0.1) is 11.8 Å². The molecule has 0 saturated heterocycles. The summed E-state index contributed by atoms with van der Waals surface area (Å²) in [5.41, 5.74) is 6.88. The molecule has 0 atom stereocenters. The molecular formula is C15H15BrClNOS. The fraction of sp³-hybridized carbons (Fsp3) is 0.200. The van der Waals surface area contributed by atoms with Gasteiger partial charge in [0.25, 0.3) is 0 Å². The van der Waals surface area contributed by atoms with Gasteiger partial charge in [-0.3, -0.25) is 0 Å². The lowest BCUT2D eigenvalue weighted by Crippen LogP contribution is -2.02. The summed E-state index contributed by atoms with van der Waals surface area (Å²) in [7, 11) is 0. The summed E-state index contributed by atoms with van der Waals surface area (Å²) in [6.45, 7) is 2.55. The van der Waals surface area contributed by atoms with E-state index >= 15 is 0 Å². The van der Waals surface area contributed by atoms with E-state index in [9.17, 15) is 0 Å². The fourth-order valence-electron chi connectivity index (χ4n) is 1.81. The molecule has 0 unspecified atom stereocenters. The summed E-state index contributed by atoms with van der Waals surface area (Å²) in [6, 6.07) is 11.5. The highest BCUT2D eigenvalue weighted by atomic mass is 79.9. The highest BCUT2D eigenvalue weighted by Crippen LogP contribution is 2.36.